The molecular weight excluding hydrogens is 362 g/mol. The Hall–Kier alpha value is -1.76. The summed E-state index contributed by atoms with van der Waals surface area (Å²) in [6, 6.07) is 8.74. The predicted molar refractivity (Wildman–Crippen MR) is 111 cm³/mol. The quantitative estimate of drug-likeness (QED) is 0.664. The average molecular weight is 386 g/mol. The standard InChI is InChI=1S/C20H23N3OS2/c1-11(2)23-9-12(3)17-16(10-23)26-19(21-13(4)24)18(17)20-22-14-7-5-6-8-15(14)25-20/h5-8,11-12H,9-10H2,1-4H3,(H,21,24)/t12-/m1/s1. The van der Waals surface area contributed by atoms with Gasteiger partial charge in [-0.2, -0.15) is 0 Å². The van der Waals surface area contributed by atoms with Crippen LogP contribution >= 0.6 is 22.7 Å². The Kier molecular flexibility index (Phi) is 4.59. The van der Waals surface area contributed by atoms with Gasteiger partial charge >= 0.3 is 0 Å². The van der Waals surface area contributed by atoms with Crippen molar-refractivity contribution in [3.05, 3.63) is 34.7 Å². The smallest absolute Gasteiger partial charge is 0.221 e. The number of anilines is 1. The molecule has 1 N–H and O–H groups in total. The number of thiazole rings is 1. The summed E-state index contributed by atoms with van der Waals surface area (Å²) in [6.45, 7) is 10.3. The number of nitrogens with zero attached hydrogens (tertiary/aromatic N) is 2. The third-order valence-electron chi connectivity index (χ3n) is 4.90. The van der Waals surface area contributed by atoms with Crippen LogP contribution in [0.5, 0.6) is 0 Å². The minimum Gasteiger partial charge on any atom is -0.317 e. The number of rotatable bonds is 3. The summed E-state index contributed by atoms with van der Waals surface area (Å²) >= 11 is 3.42. The summed E-state index contributed by atoms with van der Waals surface area (Å²) < 4.78 is 1.18. The lowest BCUT2D eigenvalue weighted by Crippen LogP contribution is -2.36. The zero-order valence-corrected chi connectivity index (χ0v) is 17.1. The summed E-state index contributed by atoms with van der Waals surface area (Å²) in [6.07, 6.45) is 0. The Bertz CT molecular complexity index is 940. The fraction of sp³-hybridized carbons (Fsp3) is 0.400. The molecule has 0 unspecified atom stereocenters. The van der Waals surface area contributed by atoms with Crippen molar-refractivity contribution in [3.63, 3.8) is 0 Å². The molecule has 1 aliphatic heterocycles. The van der Waals surface area contributed by atoms with Gasteiger partial charge in [0.25, 0.3) is 0 Å². The molecule has 2 aromatic heterocycles. The van der Waals surface area contributed by atoms with E-state index in [-0.39, 0.29) is 5.91 Å². The molecule has 3 aromatic rings. The van der Waals surface area contributed by atoms with Crippen molar-refractivity contribution in [2.75, 3.05) is 11.9 Å². The maximum absolute atomic E-state index is 11.8. The second-order valence-corrected chi connectivity index (χ2v) is 9.37. The van der Waals surface area contributed by atoms with Crippen molar-refractivity contribution in [2.45, 2.75) is 46.2 Å². The number of nitrogens with one attached hydrogen (secondary N) is 1. The van der Waals surface area contributed by atoms with Crippen LogP contribution in [0.3, 0.4) is 0 Å². The van der Waals surface area contributed by atoms with E-state index >= 15 is 0 Å². The number of amides is 1. The molecule has 0 aliphatic carbocycles. The minimum absolute atomic E-state index is 0.0284. The van der Waals surface area contributed by atoms with Crippen molar-refractivity contribution in [1.29, 1.82) is 0 Å². The normalized spacial score (nSPS) is 17.7. The average Bonchev–Trinajstić information content (AvgIpc) is 3.14. The Morgan fingerprint density at radius 3 is 2.77 bits per heavy atom. The number of hydrogen-bond acceptors (Lipinski definition) is 5. The highest BCUT2D eigenvalue weighted by molar-refractivity contribution is 7.22. The van der Waals surface area contributed by atoms with Crippen LogP contribution in [0.4, 0.5) is 5.00 Å². The van der Waals surface area contributed by atoms with Gasteiger partial charge in [0.2, 0.25) is 5.91 Å². The van der Waals surface area contributed by atoms with Gasteiger partial charge in [0.05, 0.1) is 10.2 Å². The number of fused-ring (bicyclic) bond motifs is 2. The number of benzene rings is 1. The minimum atomic E-state index is -0.0284. The van der Waals surface area contributed by atoms with Crippen molar-refractivity contribution in [3.8, 4) is 10.6 Å². The lowest BCUT2D eigenvalue weighted by Gasteiger charge is -2.34. The largest absolute Gasteiger partial charge is 0.317 e. The van der Waals surface area contributed by atoms with E-state index in [9.17, 15) is 4.79 Å². The molecule has 4 nitrogen and oxygen atoms in total. The molecular formula is C20H23N3OS2. The molecule has 26 heavy (non-hydrogen) atoms. The fourth-order valence-electron chi connectivity index (χ4n) is 3.65. The molecule has 4 rings (SSSR count). The Labute approximate surface area is 161 Å². The van der Waals surface area contributed by atoms with Gasteiger partial charge in [0.15, 0.2) is 0 Å². The van der Waals surface area contributed by atoms with E-state index in [4.69, 9.17) is 4.98 Å². The molecule has 0 radical (unpaired) electrons. The van der Waals surface area contributed by atoms with Crippen LogP contribution in [0.25, 0.3) is 20.8 Å². The lowest BCUT2D eigenvalue weighted by atomic mass is 9.92. The molecule has 0 bridgehead atoms. The first-order chi connectivity index (χ1) is 12.4. The summed E-state index contributed by atoms with van der Waals surface area (Å²) in [4.78, 5) is 20.5. The van der Waals surface area contributed by atoms with Gasteiger partial charge in [-0.1, -0.05) is 19.1 Å². The molecule has 1 amide bonds. The summed E-state index contributed by atoms with van der Waals surface area (Å²) in [7, 11) is 0. The van der Waals surface area contributed by atoms with Crippen molar-refractivity contribution < 1.29 is 4.79 Å². The zero-order chi connectivity index (χ0) is 18.4. The first kappa shape index (κ1) is 17.6. The van der Waals surface area contributed by atoms with E-state index in [1.165, 1.54) is 15.1 Å². The molecule has 0 saturated heterocycles. The van der Waals surface area contributed by atoms with Gasteiger partial charge in [-0.25, -0.2) is 4.98 Å². The number of hydrogen-bond donors (Lipinski definition) is 1. The molecule has 3 heterocycles. The van der Waals surface area contributed by atoms with E-state index in [1.54, 1.807) is 29.6 Å². The van der Waals surface area contributed by atoms with Crippen LogP contribution in [-0.2, 0) is 11.3 Å². The van der Waals surface area contributed by atoms with Crippen LogP contribution < -0.4 is 5.32 Å². The molecule has 1 aromatic carbocycles. The highest BCUT2D eigenvalue weighted by atomic mass is 32.1. The molecule has 0 saturated carbocycles. The van der Waals surface area contributed by atoms with Gasteiger partial charge in [0.1, 0.15) is 10.0 Å². The third kappa shape index (κ3) is 3.06. The number of carbonyl (C=O) groups excluding carboxylic acids is 1. The molecule has 0 spiro atoms. The van der Waals surface area contributed by atoms with Crippen molar-refractivity contribution >= 4 is 43.8 Å². The molecule has 136 valence electrons. The Morgan fingerprint density at radius 1 is 1.31 bits per heavy atom. The van der Waals surface area contributed by atoms with Crippen molar-refractivity contribution in [2.24, 2.45) is 0 Å². The highest BCUT2D eigenvalue weighted by Crippen LogP contribution is 2.48. The molecule has 1 atom stereocenters. The maximum Gasteiger partial charge on any atom is 0.221 e. The monoisotopic (exact) mass is 385 g/mol. The third-order valence-corrected chi connectivity index (χ3v) is 7.06. The zero-order valence-electron chi connectivity index (χ0n) is 15.5. The van der Waals surface area contributed by atoms with Gasteiger partial charge in [-0.05, 0) is 37.5 Å². The topological polar surface area (TPSA) is 45.2 Å². The van der Waals surface area contributed by atoms with Crippen LogP contribution in [0.1, 0.15) is 44.1 Å². The molecule has 1 aliphatic rings. The SMILES string of the molecule is CC(=O)Nc1sc2c(c1-c1nc3ccccc3s1)[C@H](C)CN(C(C)C)C2. The Balaban J connectivity index is 1.88. The fourth-order valence-corrected chi connectivity index (χ4v) is 6.14. The summed E-state index contributed by atoms with van der Waals surface area (Å²) in [5.41, 5.74) is 3.53. The van der Waals surface area contributed by atoms with Gasteiger partial charge in [-0.15, -0.1) is 22.7 Å². The van der Waals surface area contributed by atoms with E-state index in [0.717, 1.165) is 34.2 Å². The second-order valence-electron chi connectivity index (χ2n) is 7.24. The maximum atomic E-state index is 11.8. The number of carbonyl (C=O) groups is 1. The summed E-state index contributed by atoms with van der Waals surface area (Å²) in [5, 5.41) is 5.02. The van der Waals surface area contributed by atoms with Crippen molar-refractivity contribution in [1.82, 2.24) is 9.88 Å². The van der Waals surface area contributed by atoms with E-state index in [1.807, 2.05) is 12.1 Å². The summed E-state index contributed by atoms with van der Waals surface area (Å²) in [5.74, 6) is 0.390. The van der Waals surface area contributed by atoms with Gasteiger partial charge in [0, 0.05) is 36.5 Å². The van der Waals surface area contributed by atoms with Crippen LogP contribution in [0, 0.1) is 0 Å². The van der Waals surface area contributed by atoms with Crippen LogP contribution in [0.2, 0.25) is 0 Å². The van der Waals surface area contributed by atoms with Crippen LogP contribution in [-0.4, -0.2) is 28.4 Å². The van der Waals surface area contributed by atoms with Gasteiger partial charge < -0.3 is 5.32 Å². The molecule has 6 heteroatoms. The van der Waals surface area contributed by atoms with E-state index < -0.39 is 0 Å². The Morgan fingerprint density at radius 2 is 2.08 bits per heavy atom. The lowest BCUT2D eigenvalue weighted by molar-refractivity contribution is -0.114. The second kappa shape index (κ2) is 6.76. The first-order valence-corrected chi connectivity index (χ1v) is 10.6. The van der Waals surface area contributed by atoms with Crippen LogP contribution in [0.15, 0.2) is 24.3 Å². The molecule has 0 fully saturated rings. The first-order valence-electron chi connectivity index (χ1n) is 8.97. The highest BCUT2D eigenvalue weighted by Gasteiger charge is 2.32. The number of aromatic nitrogens is 1. The van der Waals surface area contributed by atoms with Gasteiger partial charge in [-0.3, -0.25) is 9.69 Å². The number of para-hydroxylation sites is 1. The van der Waals surface area contributed by atoms with E-state index in [0.29, 0.717) is 12.0 Å². The predicted octanol–water partition coefficient (Wildman–Crippen LogP) is 5.31. The van der Waals surface area contributed by atoms with E-state index in [2.05, 4.69) is 43.1 Å². The number of thiophene rings is 1.